The Morgan fingerprint density at radius 3 is 2.52 bits per heavy atom. The van der Waals surface area contributed by atoms with Gasteiger partial charge in [-0.25, -0.2) is 0 Å². The number of thioether (sulfide) groups is 1. The quantitative estimate of drug-likeness (QED) is 0.768. The Hall–Kier alpha value is -0.510. The lowest BCUT2D eigenvalue weighted by molar-refractivity contribution is 0.0371. The van der Waals surface area contributed by atoms with Crippen molar-refractivity contribution in [3.63, 3.8) is 0 Å². The molecule has 21 heavy (non-hydrogen) atoms. The van der Waals surface area contributed by atoms with Crippen LogP contribution < -0.4 is 5.32 Å². The molecule has 1 saturated heterocycles. The molecular weight excluding hydrogens is 276 g/mol. The molecule has 0 saturated carbocycles. The zero-order chi connectivity index (χ0) is 15.1. The highest BCUT2D eigenvalue weighted by atomic mass is 32.2. The van der Waals surface area contributed by atoms with Crippen LogP contribution in [0.1, 0.15) is 45.2 Å². The second-order valence-electron chi connectivity index (χ2n) is 5.92. The van der Waals surface area contributed by atoms with Gasteiger partial charge in [0.1, 0.15) is 0 Å². The predicted molar refractivity (Wildman–Crippen MR) is 95.1 cm³/mol. The van der Waals surface area contributed by atoms with Crippen LogP contribution in [0.15, 0.2) is 30.3 Å². The first-order valence-electron chi connectivity index (χ1n) is 8.37. The van der Waals surface area contributed by atoms with Gasteiger partial charge in [0, 0.05) is 37.0 Å². The Balaban J connectivity index is 2.08. The number of hydrogen-bond acceptors (Lipinski definition) is 3. The topological polar surface area (TPSA) is 15.3 Å². The van der Waals surface area contributed by atoms with E-state index in [-0.39, 0.29) is 0 Å². The monoisotopic (exact) mass is 306 g/mol. The lowest BCUT2D eigenvalue weighted by Crippen LogP contribution is -2.62. The molecule has 1 aromatic rings. The van der Waals surface area contributed by atoms with Crippen LogP contribution in [-0.2, 0) is 0 Å². The van der Waals surface area contributed by atoms with Gasteiger partial charge in [0.25, 0.3) is 0 Å². The van der Waals surface area contributed by atoms with E-state index in [1.165, 1.54) is 36.5 Å². The summed E-state index contributed by atoms with van der Waals surface area (Å²) in [6.07, 6.45) is 2.46. The lowest BCUT2D eigenvalue weighted by atomic mass is 9.86. The van der Waals surface area contributed by atoms with Gasteiger partial charge in [-0.15, -0.1) is 0 Å². The van der Waals surface area contributed by atoms with E-state index < -0.39 is 0 Å². The number of piperazine rings is 1. The summed E-state index contributed by atoms with van der Waals surface area (Å²) in [5, 5.41) is 3.80. The van der Waals surface area contributed by atoms with Gasteiger partial charge in [0.05, 0.1) is 0 Å². The minimum Gasteiger partial charge on any atom is -0.307 e. The van der Waals surface area contributed by atoms with Crippen LogP contribution in [0.2, 0.25) is 0 Å². The Labute approximate surface area is 134 Å². The predicted octanol–water partition coefficient (Wildman–Crippen LogP) is 3.94. The molecular formula is C18H30N2S. The molecule has 0 aliphatic carbocycles. The van der Waals surface area contributed by atoms with Crippen molar-refractivity contribution >= 4 is 11.8 Å². The van der Waals surface area contributed by atoms with Crippen molar-refractivity contribution in [3.05, 3.63) is 35.9 Å². The molecule has 0 radical (unpaired) electrons. The van der Waals surface area contributed by atoms with Crippen molar-refractivity contribution in [2.24, 2.45) is 0 Å². The van der Waals surface area contributed by atoms with E-state index >= 15 is 0 Å². The number of nitrogens with one attached hydrogen (secondary N) is 1. The van der Waals surface area contributed by atoms with Gasteiger partial charge in [-0.05, 0) is 24.2 Å². The molecule has 1 unspecified atom stereocenters. The van der Waals surface area contributed by atoms with Crippen LogP contribution in [0.4, 0.5) is 0 Å². The largest absolute Gasteiger partial charge is 0.307 e. The fourth-order valence-electron chi connectivity index (χ4n) is 3.41. The molecule has 1 N–H and O–H groups in total. The van der Waals surface area contributed by atoms with Gasteiger partial charge >= 0.3 is 0 Å². The van der Waals surface area contributed by atoms with Crippen LogP contribution in [0, 0.1) is 0 Å². The normalized spacial score (nSPS) is 22.3. The van der Waals surface area contributed by atoms with Crippen molar-refractivity contribution < 1.29 is 0 Å². The first kappa shape index (κ1) is 16.9. The molecule has 0 bridgehead atoms. The molecule has 0 spiro atoms. The minimum absolute atomic E-state index is 0.347. The van der Waals surface area contributed by atoms with Crippen LogP contribution >= 0.6 is 11.8 Å². The Morgan fingerprint density at radius 2 is 1.90 bits per heavy atom. The van der Waals surface area contributed by atoms with Crippen LogP contribution in [0.5, 0.6) is 0 Å². The van der Waals surface area contributed by atoms with E-state index in [0.29, 0.717) is 11.6 Å². The van der Waals surface area contributed by atoms with E-state index in [4.69, 9.17) is 0 Å². The molecule has 1 heterocycles. The SMILES string of the molecule is CCSCCN1CC(c2ccccc2)NCC1(CC)CC. The Morgan fingerprint density at radius 1 is 1.19 bits per heavy atom. The van der Waals surface area contributed by atoms with Crippen molar-refractivity contribution in [2.75, 3.05) is 31.1 Å². The number of hydrogen-bond donors (Lipinski definition) is 1. The molecule has 0 amide bonds. The van der Waals surface area contributed by atoms with Crippen LogP contribution in [-0.4, -0.2) is 41.6 Å². The molecule has 2 nitrogen and oxygen atoms in total. The molecule has 118 valence electrons. The summed E-state index contributed by atoms with van der Waals surface area (Å²) < 4.78 is 0. The highest BCUT2D eigenvalue weighted by Crippen LogP contribution is 2.31. The second kappa shape index (κ2) is 8.21. The highest BCUT2D eigenvalue weighted by Gasteiger charge is 2.38. The van der Waals surface area contributed by atoms with Gasteiger partial charge in [-0.2, -0.15) is 11.8 Å². The van der Waals surface area contributed by atoms with Crippen molar-refractivity contribution in [1.29, 1.82) is 0 Å². The smallest absolute Gasteiger partial charge is 0.0450 e. The zero-order valence-electron chi connectivity index (χ0n) is 13.8. The third-order valence-electron chi connectivity index (χ3n) is 4.98. The molecule has 1 atom stereocenters. The fraction of sp³-hybridized carbons (Fsp3) is 0.667. The van der Waals surface area contributed by atoms with E-state index in [1.807, 2.05) is 0 Å². The first-order valence-corrected chi connectivity index (χ1v) is 9.52. The minimum atomic E-state index is 0.347. The summed E-state index contributed by atoms with van der Waals surface area (Å²) >= 11 is 2.06. The average molecular weight is 307 g/mol. The highest BCUT2D eigenvalue weighted by molar-refractivity contribution is 7.99. The number of rotatable bonds is 7. The van der Waals surface area contributed by atoms with Crippen molar-refractivity contribution in [2.45, 2.75) is 45.2 Å². The van der Waals surface area contributed by atoms with Crippen LogP contribution in [0.3, 0.4) is 0 Å². The maximum absolute atomic E-state index is 3.80. The second-order valence-corrected chi connectivity index (χ2v) is 7.31. The molecule has 1 fully saturated rings. The molecule has 1 aliphatic rings. The molecule has 1 aliphatic heterocycles. The number of nitrogens with zero attached hydrogens (tertiary/aromatic N) is 1. The summed E-state index contributed by atoms with van der Waals surface area (Å²) in [6, 6.07) is 11.4. The summed E-state index contributed by atoms with van der Waals surface area (Å²) in [7, 11) is 0. The third-order valence-corrected chi connectivity index (χ3v) is 5.86. The van der Waals surface area contributed by atoms with E-state index in [1.54, 1.807) is 0 Å². The van der Waals surface area contributed by atoms with Crippen LogP contribution in [0.25, 0.3) is 0 Å². The maximum Gasteiger partial charge on any atom is 0.0450 e. The molecule has 1 aromatic carbocycles. The standard InChI is InChI=1S/C18H30N2S/c1-4-18(5-2)15-19-17(16-10-8-7-9-11-16)14-20(18)12-13-21-6-3/h7-11,17,19H,4-6,12-15H2,1-3H3. The van der Waals surface area contributed by atoms with E-state index in [0.717, 1.165) is 13.1 Å². The maximum atomic E-state index is 3.80. The summed E-state index contributed by atoms with van der Waals surface area (Å²) in [6.45, 7) is 10.4. The Bertz CT molecular complexity index is 403. The average Bonchev–Trinajstić information content (AvgIpc) is 2.56. The van der Waals surface area contributed by atoms with Gasteiger partial charge in [-0.3, -0.25) is 4.90 Å². The summed E-state index contributed by atoms with van der Waals surface area (Å²) in [4.78, 5) is 2.75. The zero-order valence-corrected chi connectivity index (χ0v) is 14.6. The van der Waals surface area contributed by atoms with E-state index in [2.05, 4.69) is 73.1 Å². The molecule has 0 aromatic heterocycles. The fourth-order valence-corrected chi connectivity index (χ4v) is 4.05. The Kier molecular flexibility index (Phi) is 6.59. The van der Waals surface area contributed by atoms with Gasteiger partial charge in [0.2, 0.25) is 0 Å². The molecule has 3 heteroatoms. The van der Waals surface area contributed by atoms with Gasteiger partial charge in [-0.1, -0.05) is 51.1 Å². The van der Waals surface area contributed by atoms with Crippen molar-refractivity contribution in [3.8, 4) is 0 Å². The summed E-state index contributed by atoms with van der Waals surface area (Å²) in [5.74, 6) is 2.47. The third kappa shape index (κ3) is 4.02. The van der Waals surface area contributed by atoms with Gasteiger partial charge in [0.15, 0.2) is 0 Å². The molecule has 2 rings (SSSR count). The van der Waals surface area contributed by atoms with Gasteiger partial charge < -0.3 is 5.32 Å². The van der Waals surface area contributed by atoms with E-state index in [9.17, 15) is 0 Å². The summed E-state index contributed by atoms with van der Waals surface area (Å²) in [5.41, 5.74) is 1.77. The first-order chi connectivity index (χ1) is 10.3. The lowest BCUT2D eigenvalue weighted by Gasteiger charge is -2.50. The number of benzene rings is 1. The van der Waals surface area contributed by atoms with Crippen molar-refractivity contribution in [1.82, 2.24) is 10.2 Å².